The number of aromatic nitrogens is 1. The molecule has 0 aliphatic heterocycles. The Labute approximate surface area is 103 Å². The molecule has 0 amide bonds. The van der Waals surface area contributed by atoms with E-state index in [2.05, 4.69) is 11.1 Å². The van der Waals surface area contributed by atoms with Crippen molar-refractivity contribution >= 4 is 28.2 Å². The van der Waals surface area contributed by atoms with Crippen molar-refractivity contribution in [2.75, 3.05) is 12.8 Å². The highest BCUT2D eigenvalue weighted by Crippen LogP contribution is 2.28. The molecule has 1 aromatic heterocycles. The van der Waals surface area contributed by atoms with E-state index in [-0.39, 0.29) is 0 Å². The number of ether oxygens (including phenoxy) is 1. The zero-order chi connectivity index (χ0) is 11.4. The van der Waals surface area contributed by atoms with Gasteiger partial charge in [0.1, 0.15) is 5.75 Å². The third-order valence-corrected chi connectivity index (χ3v) is 4.05. The Balaban J connectivity index is 1.99. The van der Waals surface area contributed by atoms with Crippen molar-refractivity contribution in [1.82, 2.24) is 4.98 Å². The van der Waals surface area contributed by atoms with E-state index < -0.39 is 0 Å². The summed E-state index contributed by atoms with van der Waals surface area (Å²) in [7, 11) is 1.67. The second-order valence-electron chi connectivity index (χ2n) is 3.13. The van der Waals surface area contributed by atoms with Crippen LogP contribution in [0.2, 0.25) is 0 Å². The van der Waals surface area contributed by atoms with Crippen LogP contribution in [0.1, 0.15) is 4.88 Å². The summed E-state index contributed by atoms with van der Waals surface area (Å²) in [5.41, 5.74) is 5.57. The third-order valence-electron chi connectivity index (χ3n) is 1.99. The van der Waals surface area contributed by atoms with Crippen molar-refractivity contribution < 1.29 is 4.74 Å². The lowest BCUT2D eigenvalue weighted by Gasteiger charge is -2.02. The van der Waals surface area contributed by atoms with E-state index in [9.17, 15) is 0 Å². The van der Waals surface area contributed by atoms with Crippen LogP contribution in [0.15, 0.2) is 35.4 Å². The van der Waals surface area contributed by atoms with Gasteiger partial charge in [-0.05, 0) is 18.2 Å². The first-order chi connectivity index (χ1) is 7.78. The second kappa shape index (κ2) is 5.23. The SMILES string of the molecule is COc1cccc(SCc2cnc(N)s2)c1. The van der Waals surface area contributed by atoms with Gasteiger partial charge in [-0.3, -0.25) is 0 Å². The number of nitrogens with two attached hydrogens (primary N) is 1. The lowest BCUT2D eigenvalue weighted by Crippen LogP contribution is -1.82. The van der Waals surface area contributed by atoms with Gasteiger partial charge in [0, 0.05) is 21.7 Å². The molecule has 0 atom stereocenters. The molecule has 1 heterocycles. The van der Waals surface area contributed by atoms with Gasteiger partial charge in [-0.25, -0.2) is 4.98 Å². The third kappa shape index (κ3) is 2.90. The number of rotatable bonds is 4. The van der Waals surface area contributed by atoms with Gasteiger partial charge in [-0.2, -0.15) is 0 Å². The molecule has 0 bridgehead atoms. The Kier molecular flexibility index (Phi) is 3.69. The van der Waals surface area contributed by atoms with Gasteiger partial charge in [0.2, 0.25) is 0 Å². The zero-order valence-electron chi connectivity index (χ0n) is 8.84. The molecule has 0 radical (unpaired) electrons. The van der Waals surface area contributed by atoms with Crippen LogP contribution in [0.4, 0.5) is 5.13 Å². The average Bonchev–Trinajstić information content (AvgIpc) is 2.73. The van der Waals surface area contributed by atoms with Gasteiger partial charge in [-0.15, -0.1) is 23.1 Å². The van der Waals surface area contributed by atoms with E-state index in [0.29, 0.717) is 5.13 Å². The van der Waals surface area contributed by atoms with Crippen LogP contribution in [0.3, 0.4) is 0 Å². The molecule has 2 aromatic rings. The predicted molar refractivity (Wildman–Crippen MR) is 69.1 cm³/mol. The molecule has 5 heteroatoms. The molecule has 3 nitrogen and oxygen atoms in total. The number of thioether (sulfide) groups is 1. The van der Waals surface area contributed by atoms with Crippen LogP contribution in [-0.4, -0.2) is 12.1 Å². The minimum Gasteiger partial charge on any atom is -0.497 e. The molecule has 0 saturated carbocycles. The normalized spacial score (nSPS) is 10.3. The summed E-state index contributed by atoms with van der Waals surface area (Å²) < 4.78 is 5.17. The summed E-state index contributed by atoms with van der Waals surface area (Å²) in [4.78, 5) is 6.39. The monoisotopic (exact) mass is 252 g/mol. The fraction of sp³-hybridized carbons (Fsp3) is 0.182. The number of hydrogen-bond donors (Lipinski definition) is 1. The van der Waals surface area contributed by atoms with Crippen molar-refractivity contribution in [3.8, 4) is 5.75 Å². The van der Waals surface area contributed by atoms with Crippen LogP contribution >= 0.6 is 23.1 Å². The lowest BCUT2D eigenvalue weighted by atomic mass is 10.3. The van der Waals surface area contributed by atoms with Gasteiger partial charge in [-0.1, -0.05) is 6.07 Å². The van der Waals surface area contributed by atoms with Crippen LogP contribution < -0.4 is 10.5 Å². The van der Waals surface area contributed by atoms with Gasteiger partial charge in [0.15, 0.2) is 5.13 Å². The highest BCUT2D eigenvalue weighted by Gasteiger charge is 2.01. The fourth-order valence-electron chi connectivity index (χ4n) is 1.23. The molecule has 0 unspecified atom stereocenters. The minimum absolute atomic E-state index is 0.626. The van der Waals surface area contributed by atoms with E-state index in [1.54, 1.807) is 18.9 Å². The van der Waals surface area contributed by atoms with E-state index in [4.69, 9.17) is 10.5 Å². The van der Waals surface area contributed by atoms with Crippen LogP contribution in [0.5, 0.6) is 5.75 Å². The van der Waals surface area contributed by atoms with Crippen molar-refractivity contribution in [3.05, 3.63) is 35.3 Å². The molecule has 0 aliphatic rings. The first kappa shape index (κ1) is 11.3. The molecule has 0 saturated heterocycles. The Morgan fingerprint density at radius 1 is 1.50 bits per heavy atom. The van der Waals surface area contributed by atoms with Gasteiger partial charge < -0.3 is 10.5 Å². The number of anilines is 1. The number of nitrogens with zero attached hydrogens (tertiary/aromatic N) is 1. The zero-order valence-corrected chi connectivity index (χ0v) is 10.5. The van der Waals surface area contributed by atoms with Crippen LogP contribution in [-0.2, 0) is 5.75 Å². The molecule has 0 fully saturated rings. The number of benzene rings is 1. The number of hydrogen-bond acceptors (Lipinski definition) is 5. The summed E-state index contributed by atoms with van der Waals surface area (Å²) >= 11 is 3.28. The standard InChI is InChI=1S/C11H12N2OS2/c1-14-8-3-2-4-9(5-8)15-7-10-6-13-11(12)16-10/h2-6H,7H2,1H3,(H2,12,13). The van der Waals surface area contributed by atoms with E-state index in [1.165, 1.54) is 21.1 Å². The Hall–Kier alpha value is -1.20. The highest BCUT2D eigenvalue weighted by molar-refractivity contribution is 7.98. The molecule has 0 aliphatic carbocycles. The maximum absolute atomic E-state index is 5.57. The molecule has 84 valence electrons. The number of nitrogen functional groups attached to an aromatic ring is 1. The maximum atomic E-state index is 5.57. The van der Waals surface area contributed by atoms with Crippen LogP contribution in [0.25, 0.3) is 0 Å². The summed E-state index contributed by atoms with van der Waals surface area (Å²) in [6, 6.07) is 8.02. The van der Waals surface area contributed by atoms with E-state index in [0.717, 1.165) is 11.5 Å². The van der Waals surface area contributed by atoms with E-state index >= 15 is 0 Å². The van der Waals surface area contributed by atoms with Crippen molar-refractivity contribution in [1.29, 1.82) is 0 Å². The van der Waals surface area contributed by atoms with E-state index in [1.807, 2.05) is 24.4 Å². The molecular formula is C11H12N2OS2. The topological polar surface area (TPSA) is 48.1 Å². The van der Waals surface area contributed by atoms with Gasteiger partial charge >= 0.3 is 0 Å². The lowest BCUT2D eigenvalue weighted by molar-refractivity contribution is 0.413. The first-order valence-electron chi connectivity index (χ1n) is 4.75. The van der Waals surface area contributed by atoms with Crippen LogP contribution in [0, 0.1) is 0 Å². The Bertz CT molecular complexity index is 471. The molecule has 2 N–H and O–H groups in total. The number of thiazole rings is 1. The summed E-state index contributed by atoms with van der Waals surface area (Å²) in [6.45, 7) is 0. The second-order valence-corrected chi connectivity index (χ2v) is 5.33. The first-order valence-corrected chi connectivity index (χ1v) is 6.55. The summed E-state index contributed by atoms with van der Waals surface area (Å²) in [5.74, 6) is 1.77. The average molecular weight is 252 g/mol. The van der Waals surface area contributed by atoms with Gasteiger partial charge in [0.25, 0.3) is 0 Å². The predicted octanol–water partition coefficient (Wildman–Crippen LogP) is 3.03. The molecular weight excluding hydrogens is 240 g/mol. The highest BCUT2D eigenvalue weighted by atomic mass is 32.2. The molecule has 0 spiro atoms. The minimum atomic E-state index is 0.626. The maximum Gasteiger partial charge on any atom is 0.180 e. The van der Waals surface area contributed by atoms with Crippen molar-refractivity contribution in [2.24, 2.45) is 0 Å². The quantitative estimate of drug-likeness (QED) is 0.850. The summed E-state index contributed by atoms with van der Waals surface area (Å²) in [6.07, 6.45) is 1.83. The van der Waals surface area contributed by atoms with Gasteiger partial charge in [0.05, 0.1) is 7.11 Å². The smallest absolute Gasteiger partial charge is 0.180 e. The number of methoxy groups -OCH3 is 1. The Morgan fingerprint density at radius 2 is 2.38 bits per heavy atom. The molecule has 2 rings (SSSR count). The largest absolute Gasteiger partial charge is 0.497 e. The van der Waals surface area contributed by atoms with Crippen molar-refractivity contribution in [3.63, 3.8) is 0 Å². The molecule has 1 aromatic carbocycles. The molecule has 16 heavy (non-hydrogen) atoms. The fourth-order valence-corrected chi connectivity index (χ4v) is 2.88. The Morgan fingerprint density at radius 3 is 3.06 bits per heavy atom. The van der Waals surface area contributed by atoms with Crippen molar-refractivity contribution in [2.45, 2.75) is 10.6 Å². The summed E-state index contributed by atoms with van der Waals surface area (Å²) in [5, 5.41) is 0.626.